The molecule has 0 saturated heterocycles. The Labute approximate surface area is 115 Å². The third kappa shape index (κ3) is 4.05. The van der Waals surface area contributed by atoms with Crippen LogP contribution in [0.15, 0.2) is 42.5 Å². The highest BCUT2D eigenvalue weighted by Gasteiger charge is 2.07. The van der Waals surface area contributed by atoms with Crippen molar-refractivity contribution < 1.29 is 4.74 Å². The van der Waals surface area contributed by atoms with Gasteiger partial charge in [0.25, 0.3) is 0 Å². The molecule has 0 heterocycles. The lowest BCUT2D eigenvalue weighted by Gasteiger charge is -2.16. The van der Waals surface area contributed by atoms with E-state index in [1.54, 1.807) is 0 Å². The van der Waals surface area contributed by atoms with E-state index >= 15 is 0 Å². The average Bonchev–Trinajstić information content (AvgIpc) is 2.46. The van der Waals surface area contributed by atoms with Crippen molar-refractivity contribution in [3.8, 4) is 0 Å². The fourth-order valence-corrected chi connectivity index (χ4v) is 2.26. The maximum absolute atomic E-state index is 5.63. The second-order valence-electron chi connectivity index (χ2n) is 4.95. The minimum atomic E-state index is 0.382. The smallest absolute Gasteiger partial charge is 0.0622 e. The number of rotatable bonds is 7. The van der Waals surface area contributed by atoms with Crippen molar-refractivity contribution in [2.75, 3.05) is 20.3 Å². The van der Waals surface area contributed by atoms with Crippen molar-refractivity contribution >= 4 is 10.8 Å². The predicted molar refractivity (Wildman–Crippen MR) is 81.6 cm³/mol. The Kier molecular flexibility index (Phi) is 5.37. The zero-order valence-electron chi connectivity index (χ0n) is 11.9. The molecule has 2 rings (SSSR count). The third-order valence-electron chi connectivity index (χ3n) is 3.37. The molecule has 0 fully saturated rings. The Morgan fingerprint density at radius 3 is 2.63 bits per heavy atom. The summed E-state index contributed by atoms with van der Waals surface area (Å²) >= 11 is 0. The van der Waals surface area contributed by atoms with Crippen LogP contribution >= 0.6 is 0 Å². The van der Waals surface area contributed by atoms with Crippen LogP contribution < -0.4 is 5.32 Å². The van der Waals surface area contributed by atoms with E-state index in [4.69, 9.17) is 4.74 Å². The van der Waals surface area contributed by atoms with E-state index in [0.717, 1.165) is 26.1 Å². The van der Waals surface area contributed by atoms with Gasteiger partial charge in [-0.25, -0.2) is 0 Å². The normalized spacial score (nSPS) is 12.7. The van der Waals surface area contributed by atoms with Gasteiger partial charge in [0.1, 0.15) is 0 Å². The molecule has 0 amide bonds. The summed E-state index contributed by atoms with van der Waals surface area (Å²) in [5.41, 5.74) is 1.36. The highest BCUT2D eigenvalue weighted by molar-refractivity contribution is 5.82. The maximum atomic E-state index is 5.63. The van der Waals surface area contributed by atoms with Crippen molar-refractivity contribution in [1.82, 2.24) is 5.32 Å². The Balaban J connectivity index is 2.02. The van der Waals surface area contributed by atoms with Crippen LogP contribution in [0.1, 0.15) is 18.9 Å². The molecule has 0 radical (unpaired) electrons. The van der Waals surface area contributed by atoms with Gasteiger partial charge in [0.15, 0.2) is 0 Å². The summed E-state index contributed by atoms with van der Waals surface area (Å²) in [4.78, 5) is 0. The first-order chi connectivity index (χ1) is 9.33. The molecular weight excluding hydrogens is 234 g/mol. The average molecular weight is 257 g/mol. The molecule has 2 nitrogen and oxygen atoms in total. The molecule has 2 heteroatoms. The van der Waals surface area contributed by atoms with Gasteiger partial charge in [-0.15, -0.1) is 0 Å². The fourth-order valence-electron chi connectivity index (χ4n) is 2.26. The quantitative estimate of drug-likeness (QED) is 0.768. The first-order valence-corrected chi connectivity index (χ1v) is 7.06. The van der Waals surface area contributed by atoms with E-state index in [9.17, 15) is 0 Å². The minimum Gasteiger partial charge on any atom is -0.380 e. The summed E-state index contributed by atoms with van der Waals surface area (Å²) in [6.07, 6.45) is 2.08. The van der Waals surface area contributed by atoms with Crippen molar-refractivity contribution in [2.45, 2.75) is 25.8 Å². The van der Waals surface area contributed by atoms with Crippen molar-refractivity contribution in [1.29, 1.82) is 0 Å². The number of nitrogens with one attached hydrogen (secondary N) is 1. The molecule has 2 aromatic carbocycles. The van der Waals surface area contributed by atoms with Crippen LogP contribution in [0.4, 0.5) is 0 Å². The van der Waals surface area contributed by atoms with Crippen LogP contribution in [0.2, 0.25) is 0 Å². The monoisotopic (exact) mass is 257 g/mol. The summed E-state index contributed by atoms with van der Waals surface area (Å²) in [5.74, 6) is 0. The van der Waals surface area contributed by atoms with E-state index in [2.05, 4.69) is 54.7 Å². The second kappa shape index (κ2) is 7.27. The second-order valence-corrected chi connectivity index (χ2v) is 4.95. The molecule has 0 spiro atoms. The highest BCUT2D eigenvalue weighted by Crippen LogP contribution is 2.16. The lowest BCUT2D eigenvalue weighted by Crippen LogP contribution is -2.32. The number of likely N-dealkylation sites (N-methyl/N-ethyl adjacent to an activating group) is 1. The Hall–Kier alpha value is -1.38. The van der Waals surface area contributed by atoms with Gasteiger partial charge >= 0.3 is 0 Å². The van der Waals surface area contributed by atoms with E-state index in [1.807, 2.05) is 7.05 Å². The highest BCUT2D eigenvalue weighted by atomic mass is 16.5. The van der Waals surface area contributed by atoms with Gasteiger partial charge in [-0.3, -0.25) is 0 Å². The van der Waals surface area contributed by atoms with Crippen LogP contribution in [-0.4, -0.2) is 26.3 Å². The Bertz CT molecular complexity index is 509. The Morgan fingerprint density at radius 2 is 1.89 bits per heavy atom. The van der Waals surface area contributed by atoms with Gasteiger partial charge in [0, 0.05) is 12.6 Å². The molecular formula is C17H23NO. The first kappa shape index (κ1) is 14.0. The molecule has 2 aromatic rings. The summed E-state index contributed by atoms with van der Waals surface area (Å²) in [6.45, 7) is 3.75. The van der Waals surface area contributed by atoms with Crippen LogP contribution in [0.3, 0.4) is 0 Å². The number of hydrogen-bond donors (Lipinski definition) is 1. The van der Waals surface area contributed by atoms with Crippen molar-refractivity contribution in [3.05, 3.63) is 48.0 Å². The molecule has 0 aliphatic carbocycles. The molecule has 1 unspecified atom stereocenters. The number of ether oxygens (including phenoxy) is 1. The summed E-state index contributed by atoms with van der Waals surface area (Å²) in [7, 11) is 2.00. The zero-order valence-corrected chi connectivity index (χ0v) is 11.9. The summed E-state index contributed by atoms with van der Waals surface area (Å²) < 4.78 is 5.63. The molecule has 0 bridgehead atoms. The minimum absolute atomic E-state index is 0.382. The van der Waals surface area contributed by atoms with Gasteiger partial charge in [0.2, 0.25) is 0 Å². The van der Waals surface area contributed by atoms with Crippen LogP contribution in [0.5, 0.6) is 0 Å². The molecule has 0 saturated carbocycles. The molecule has 102 valence electrons. The SMILES string of the molecule is CCCOCC(Cc1ccc2ccccc2c1)NC. The fraction of sp³-hybridized carbons (Fsp3) is 0.412. The predicted octanol–water partition coefficient (Wildman–Crippen LogP) is 3.40. The molecule has 1 N–H and O–H groups in total. The van der Waals surface area contributed by atoms with Crippen molar-refractivity contribution in [3.63, 3.8) is 0 Å². The lowest BCUT2D eigenvalue weighted by atomic mass is 10.0. The standard InChI is InChI=1S/C17H23NO/c1-3-10-19-13-17(18-2)12-14-8-9-15-6-4-5-7-16(15)11-14/h4-9,11,17-18H,3,10,12-13H2,1-2H3. The van der Waals surface area contributed by atoms with Gasteiger partial charge in [-0.05, 0) is 36.2 Å². The van der Waals surface area contributed by atoms with Gasteiger partial charge < -0.3 is 10.1 Å². The van der Waals surface area contributed by atoms with Crippen LogP contribution in [0.25, 0.3) is 10.8 Å². The molecule has 0 aromatic heterocycles. The van der Waals surface area contributed by atoms with Gasteiger partial charge in [0.05, 0.1) is 6.61 Å². The van der Waals surface area contributed by atoms with E-state index in [0.29, 0.717) is 6.04 Å². The molecule has 1 atom stereocenters. The molecule has 0 aliphatic rings. The summed E-state index contributed by atoms with van der Waals surface area (Å²) in [5, 5.41) is 5.94. The van der Waals surface area contributed by atoms with E-state index in [1.165, 1.54) is 16.3 Å². The topological polar surface area (TPSA) is 21.3 Å². The maximum Gasteiger partial charge on any atom is 0.0622 e. The number of benzene rings is 2. The molecule has 19 heavy (non-hydrogen) atoms. The van der Waals surface area contributed by atoms with E-state index in [-0.39, 0.29) is 0 Å². The lowest BCUT2D eigenvalue weighted by molar-refractivity contribution is 0.114. The van der Waals surface area contributed by atoms with Crippen LogP contribution in [-0.2, 0) is 11.2 Å². The number of fused-ring (bicyclic) bond motifs is 1. The van der Waals surface area contributed by atoms with Crippen LogP contribution in [0, 0.1) is 0 Å². The van der Waals surface area contributed by atoms with E-state index < -0.39 is 0 Å². The first-order valence-electron chi connectivity index (χ1n) is 7.06. The Morgan fingerprint density at radius 1 is 1.11 bits per heavy atom. The van der Waals surface area contributed by atoms with Gasteiger partial charge in [-0.2, -0.15) is 0 Å². The third-order valence-corrected chi connectivity index (χ3v) is 3.37. The van der Waals surface area contributed by atoms with Crippen molar-refractivity contribution in [2.24, 2.45) is 0 Å². The molecule has 0 aliphatic heterocycles. The largest absolute Gasteiger partial charge is 0.380 e. The van der Waals surface area contributed by atoms with Gasteiger partial charge in [-0.1, -0.05) is 49.4 Å². The zero-order chi connectivity index (χ0) is 13.5. The number of hydrogen-bond acceptors (Lipinski definition) is 2. The summed E-state index contributed by atoms with van der Waals surface area (Å²) in [6, 6.07) is 15.6.